The molecule has 0 spiro atoms. The molecule has 0 aliphatic carbocycles. The number of carbonyl (C=O) groups is 1. The number of aromatic nitrogens is 1. The summed E-state index contributed by atoms with van der Waals surface area (Å²) in [4.78, 5) is 27.5. The third-order valence-electron chi connectivity index (χ3n) is 3.96. The molecule has 3 rings (SSSR count). The second-order valence-corrected chi connectivity index (χ2v) is 5.40. The fourth-order valence-electron chi connectivity index (χ4n) is 2.46. The molecule has 4 nitrogen and oxygen atoms in total. The van der Waals surface area contributed by atoms with E-state index in [1.165, 1.54) is 24.4 Å². The van der Waals surface area contributed by atoms with Gasteiger partial charge in [-0.25, -0.2) is 4.39 Å². The van der Waals surface area contributed by atoms with Gasteiger partial charge in [0, 0.05) is 17.3 Å². The number of para-hydroxylation sites is 1. The first-order chi connectivity index (χ1) is 11.0. The molecule has 0 radical (unpaired) electrons. The van der Waals surface area contributed by atoms with Crippen LogP contribution in [0.5, 0.6) is 0 Å². The molecule has 0 aliphatic heterocycles. The zero-order valence-corrected chi connectivity index (χ0v) is 12.7. The molecule has 5 heteroatoms. The lowest BCUT2D eigenvalue weighted by molar-refractivity contribution is 0.102. The van der Waals surface area contributed by atoms with Gasteiger partial charge in [0.1, 0.15) is 11.4 Å². The Morgan fingerprint density at radius 3 is 2.65 bits per heavy atom. The van der Waals surface area contributed by atoms with Crippen LogP contribution in [-0.2, 0) is 0 Å². The minimum absolute atomic E-state index is 0.0518. The number of carbonyl (C=O) groups excluding carboxylic acids is 1. The van der Waals surface area contributed by atoms with Crippen LogP contribution in [0.15, 0.2) is 47.4 Å². The molecule has 0 bridgehead atoms. The highest BCUT2D eigenvalue weighted by Gasteiger charge is 2.15. The zero-order chi connectivity index (χ0) is 16.6. The van der Waals surface area contributed by atoms with Gasteiger partial charge < -0.3 is 10.3 Å². The Kier molecular flexibility index (Phi) is 3.70. The van der Waals surface area contributed by atoms with Crippen LogP contribution in [0.25, 0.3) is 10.9 Å². The Morgan fingerprint density at radius 2 is 1.87 bits per heavy atom. The molecule has 116 valence electrons. The van der Waals surface area contributed by atoms with E-state index in [0.29, 0.717) is 5.69 Å². The predicted octanol–water partition coefficient (Wildman–Crippen LogP) is 3.54. The maximum Gasteiger partial charge on any atom is 0.261 e. The van der Waals surface area contributed by atoms with E-state index in [1.54, 1.807) is 6.07 Å². The third-order valence-corrected chi connectivity index (χ3v) is 3.96. The number of rotatable bonds is 2. The molecule has 23 heavy (non-hydrogen) atoms. The van der Waals surface area contributed by atoms with Crippen molar-refractivity contribution in [1.82, 2.24) is 4.98 Å². The van der Waals surface area contributed by atoms with Gasteiger partial charge in [-0.15, -0.1) is 0 Å². The van der Waals surface area contributed by atoms with E-state index in [4.69, 9.17) is 0 Å². The average Bonchev–Trinajstić information content (AvgIpc) is 2.53. The normalized spacial score (nSPS) is 10.7. The van der Waals surface area contributed by atoms with Crippen molar-refractivity contribution in [3.8, 4) is 0 Å². The maximum absolute atomic E-state index is 13.7. The first-order valence-electron chi connectivity index (χ1n) is 7.16. The van der Waals surface area contributed by atoms with Gasteiger partial charge in [0.25, 0.3) is 5.91 Å². The summed E-state index contributed by atoms with van der Waals surface area (Å²) in [6.45, 7) is 3.83. The first-order valence-corrected chi connectivity index (χ1v) is 7.16. The molecule has 0 atom stereocenters. The van der Waals surface area contributed by atoms with Crippen LogP contribution in [0.1, 0.15) is 21.5 Å². The molecule has 2 aromatic carbocycles. The van der Waals surface area contributed by atoms with Gasteiger partial charge in [0.15, 0.2) is 0 Å². The summed E-state index contributed by atoms with van der Waals surface area (Å²) in [6.07, 6.45) is 1.24. The number of halogens is 1. The molecule has 1 aromatic heterocycles. The van der Waals surface area contributed by atoms with Crippen molar-refractivity contribution in [2.45, 2.75) is 13.8 Å². The molecular weight excluding hydrogens is 295 g/mol. The van der Waals surface area contributed by atoms with Crippen molar-refractivity contribution >= 4 is 22.5 Å². The Hall–Kier alpha value is -2.95. The van der Waals surface area contributed by atoms with E-state index in [9.17, 15) is 14.0 Å². The smallest absolute Gasteiger partial charge is 0.261 e. The second-order valence-electron chi connectivity index (χ2n) is 5.40. The van der Waals surface area contributed by atoms with E-state index in [0.717, 1.165) is 11.1 Å². The zero-order valence-electron chi connectivity index (χ0n) is 12.7. The summed E-state index contributed by atoms with van der Waals surface area (Å²) in [5.74, 6) is -1.05. The van der Waals surface area contributed by atoms with E-state index in [-0.39, 0.29) is 16.5 Å². The van der Waals surface area contributed by atoms with Crippen molar-refractivity contribution in [3.05, 3.63) is 75.3 Å². The fourth-order valence-corrected chi connectivity index (χ4v) is 2.46. The van der Waals surface area contributed by atoms with Crippen molar-refractivity contribution in [2.75, 3.05) is 5.32 Å². The lowest BCUT2D eigenvalue weighted by atomic mass is 10.1. The van der Waals surface area contributed by atoms with Crippen molar-refractivity contribution in [3.63, 3.8) is 0 Å². The number of pyridine rings is 1. The molecule has 0 saturated heterocycles. The standard InChI is InChI=1S/C18H15FN2O2/c1-10-5-3-8-15(11(10)2)21-18(23)13-9-20-16-12(17(13)22)6-4-7-14(16)19/h3-9H,1-2H3,(H,20,22)(H,21,23). The number of benzene rings is 2. The highest BCUT2D eigenvalue weighted by atomic mass is 19.1. The second kappa shape index (κ2) is 5.68. The summed E-state index contributed by atoms with van der Waals surface area (Å²) in [5.41, 5.74) is 2.17. The first kappa shape index (κ1) is 15.0. The average molecular weight is 310 g/mol. The summed E-state index contributed by atoms with van der Waals surface area (Å²) in [6, 6.07) is 9.74. The molecule has 0 saturated carbocycles. The number of hydrogen-bond donors (Lipinski definition) is 2. The Morgan fingerprint density at radius 1 is 1.13 bits per heavy atom. The molecule has 0 unspecified atom stereocenters. The summed E-state index contributed by atoms with van der Waals surface area (Å²) >= 11 is 0. The van der Waals surface area contributed by atoms with Gasteiger partial charge in [0.05, 0.1) is 5.52 Å². The highest BCUT2D eigenvalue weighted by Crippen LogP contribution is 2.19. The maximum atomic E-state index is 13.7. The minimum Gasteiger partial charge on any atom is -0.358 e. The third kappa shape index (κ3) is 2.61. The molecule has 3 aromatic rings. The van der Waals surface area contributed by atoms with E-state index in [2.05, 4.69) is 10.3 Å². The monoisotopic (exact) mass is 310 g/mol. The Labute approximate surface area is 132 Å². The number of H-pyrrole nitrogens is 1. The van der Waals surface area contributed by atoms with E-state index in [1.807, 2.05) is 26.0 Å². The number of hydrogen-bond acceptors (Lipinski definition) is 2. The number of aromatic amines is 1. The highest BCUT2D eigenvalue weighted by molar-refractivity contribution is 6.06. The molecular formula is C18H15FN2O2. The molecule has 1 amide bonds. The topological polar surface area (TPSA) is 62.0 Å². The lowest BCUT2D eigenvalue weighted by Gasteiger charge is -2.10. The van der Waals surface area contributed by atoms with Crippen molar-refractivity contribution < 1.29 is 9.18 Å². The number of nitrogens with one attached hydrogen (secondary N) is 2. The number of amides is 1. The van der Waals surface area contributed by atoms with Crippen molar-refractivity contribution in [2.24, 2.45) is 0 Å². The van der Waals surface area contributed by atoms with Gasteiger partial charge in [-0.2, -0.15) is 0 Å². The summed E-state index contributed by atoms with van der Waals surface area (Å²) < 4.78 is 13.7. The van der Waals surface area contributed by atoms with Crippen LogP contribution in [0, 0.1) is 19.7 Å². The predicted molar refractivity (Wildman–Crippen MR) is 88.4 cm³/mol. The Bertz CT molecular complexity index is 976. The van der Waals surface area contributed by atoms with Crippen LogP contribution < -0.4 is 10.7 Å². The van der Waals surface area contributed by atoms with Gasteiger partial charge in [0.2, 0.25) is 5.43 Å². The number of aryl methyl sites for hydroxylation is 1. The quantitative estimate of drug-likeness (QED) is 0.760. The van der Waals surface area contributed by atoms with Crippen LogP contribution in [0.2, 0.25) is 0 Å². The summed E-state index contributed by atoms with van der Waals surface area (Å²) in [7, 11) is 0. The largest absolute Gasteiger partial charge is 0.358 e. The Balaban J connectivity index is 2.03. The van der Waals surface area contributed by atoms with Crippen LogP contribution in [0.3, 0.4) is 0 Å². The van der Waals surface area contributed by atoms with Crippen LogP contribution in [0.4, 0.5) is 10.1 Å². The van der Waals surface area contributed by atoms with Crippen molar-refractivity contribution in [1.29, 1.82) is 0 Å². The summed E-state index contributed by atoms with van der Waals surface area (Å²) in [5, 5.41) is 2.89. The van der Waals surface area contributed by atoms with Gasteiger partial charge >= 0.3 is 0 Å². The van der Waals surface area contributed by atoms with Gasteiger partial charge in [-0.1, -0.05) is 18.2 Å². The van der Waals surface area contributed by atoms with Gasteiger partial charge in [-0.3, -0.25) is 9.59 Å². The number of fused-ring (bicyclic) bond motifs is 1. The number of anilines is 1. The van der Waals surface area contributed by atoms with Gasteiger partial charge in [-0.05, 0) is 43.2 Å². The minimum atomic E-state index is -0.527. The molecule has 0 fully saturated rings. The fraction of sp³-hybridized carbons (Fsp3) is 0.111. The lowest BCUT2D eigenvalue weighted by Crippen LogP contribution is -2.22. The molecule has 2 N–H and O–H groups in total. The van der Waals surface area contributed by atoms with E-state index >= 15 is 0 Å². The molecule has 0 aliphatic rings. The van der Waals surface area contributed by atoms with E-state index < -0.39 is 17.2 Å². The molecule has 1 heterocycles. The van der Waals surface area contributed by atoms with Crippen LogP contribution >= 0.6 is 0 Å². The SMILES string of the molecule is Cc1cccc(NC(=O)c2c[nH]c3c(F)cccc3c2=O)c1C. The van der Waals surface area contributed by atoms with Crippen LogP contribution in [-0.4, -0.2) is 10.9 Å².